The van der Waals surface area contributed by atoms with E-state index in [0.29, 0.717) is 0 Å². The van der Waals surface area contributed by atoms with E-state index in [2.05, 4.69) is 0 Å². The quantitative estimate of drug-likeness (QED) is 0.214. The van der Waals surface area contributed by atoms with Gasteiger partial charge in [0, 0.05) is 7.11 Å². The van der Waals surface area contributed by atoms with Crippen molar-refractivity contribution < 1.29 is 55.1 Å². The van der Waals surface area contributed by atoms with Crippen molar-refractivity contribution in [1.29, 1.82) is 0 Å². The van der Waals surface area contributed by atoms with Crippen molar-refractivity contribution in [2.24, 2.45) is 0 Å². The SMILES string of the molecule is CC(=O)[C@H](O)[C@@H](O)[C@H](OC1O[C@H](C)[C@H](O)[C@H](O)[C@H]1O)[C@H](O)CO.CO. The summed E-state index contributed by atoms with van der Waals surface area (Å²) in [5.41, 5.74) is 0. The molecule has 0 aromatic carbocycles. The second-order valence-electron chi connectivity index (χ2n) is 5.58. The van der Waals surface area contributed by atoms with Crippen molar-refractivity contribution >= 4 is 5.78 Å². The van der Waals surface area contributed by atoms with Gasteiger partial charge in [-0.2, -0.15) is 0 Å². The minimum absolute atomic E-state index is 0.801. The van der Waals surface area contributed by atoms with Gasteiger partial charge in [-0.3, -0.25) is 4.79 Å². The Balaban J connectivity index is 0.00000277. The van der Waals surface area contributed by atoms with E-state index in [1.165, 1.54) is 6.92 Å². The molecule has 0 amide bonds. The van der Waals surface area contributed by atoms with Crippen LogP contribution in [0.25, 0.3) is 0 Å². The molecule has 0 aliphatic carbocycles. The maximum Gasteiger partial charge on any atom is 0.187 e. The fourth-order valence-electron chi connectivity index (χ4n) is 2.20. The summed E-state index contributed by atoms with van der Waals surface area (Å²) >= 11 is 0. The van der Waals surface area contributed by atoms with Crippen molar-refractivity contribution in [3.05, 3.63) is 0 Å². The van der Waals surface area contributed by atoms with Gasteiger partial charge in [0.15, 0.2) is 12.1 Å². The van der Waals surface area contributed by atoms with Crippen molar-refractivity contribution in [1.82, 2.24) is 0 Å². The molecule has 0 aromatic heterocycles. The minimum Gasteiger partial charge on any atom is -0.400 e. The molecule has 11 nitrogen and oxygen atoms in total. The lowest BCUT2D eigenvalue weighted by molar-refractivity contribution is -0.320. The maximum atomic E-state index is 11.1. The van der Waals surface area contributed by atoms with Crippen molar-refractivity contribution in [3.63, 3.8) is 0 Å². The van der Waals surface area contributed by atoms with Crippen LogP contribution >= 0.6 is 0 Å². The van der Waals surface area contributed by atoms with Crippen LogP contribution < -0.4 is 0 Å². The zero-order valence-electron chi connectivity index (χ0n) is 14.2. The molecule has 0 saturated carbocycles. The summed E-state index contributed by atoms with van der Waals surface area (Å²) in [5, 5.41) is 74.4. The number of hydrogen-bond donors (Lipinski definition) is 8. The third kappa shape index (κ3) is 6.18. The van der Waals surface area contributed by atoms with Crippen LogP contribution in [0.5, 0.6) is 0 Å². The lowest BCUT2D eigenvalue weighted by Gasteiger charge is -2.41. The Morgan fingerprint density at radius 2 is 1.60 bits per heavy atom. The van der Waals surface area contributed by atoms with Gasteiger partial charge in [0.1, 0.15) is 42.7 Å². The Morgan fingerprint density at radius 1 is 1.08 bits per heavy atom. The van der Waals surface area contributed by atoms with Gasteiger partial charge in [0.25, 0.3) is 0 Å². The summed E-state index contributed by atoms with van der Waals surface area (Å²) in [6, 6.07) is 0. The van der Waals surface area contributed by atoms with E-state index < -0.39 is 67.5 Å². The summed E-state index contributed by atoms with van der Waals surface area (Å²) in [7, 11) is 1.00. The first kappa shape index (κ1) is 24.3. The van der Waals surface area contributed by atoms with E-state index in [9.17, 15) is 35.4 Å². The van der Waals surface area contributed by atoms with Crippen molar-refractivity contribution in [2.45, 2.75) is 69.0 Å². The van der Waals surface area contributed by atoms with E-state index in [0.717, 1.165) is 14.0 Å². The molecule has 0 spiro atoms. The fourth-order valence-corrected chi connectivity index (χ4v) is 2.20. The molecular formula is C14H28O11. The lowest BCUT2D eigenvalue weighted by Crippen LogP contribution is -2.60. The van der Waals surface area contributed by atoms with Gasteiger partial charge >= 0.3 is 0 Å². The largest absolute Gasteiger partial charge is 0.400 e. The predicted molar refractivity (Wildman–Crippen MR) is 81.2 cm³/mol. The van der Waals surface area contributed by atoms with E-state index in [1.54, 1.807) is 0 Å². The van der Waals surface area contributed by atoms with Gasteiger partial charge in [-0.15, -0.1) is 0 Å². The smallest absolute Gasteiger partial charge is 0.187 e. The number of hydrogen-bond acceptors (Lipinski definition) is 11. The van der Waals surface area contributed by atoms with Crippen LogP contribution in [-0.2, 0) is 14.3 Å². The average molecular weight is 372 g/mol. The van der Waals surface area contributed by atoms with Gasteiger partial charge in [-0.25, -0.2) is 0 Å². The normalized spacial score (nSPS) is 34.3. The second-order valence-corrected chi connectivity index (χ2v) is 5.58. The summed E-state index contributed by atoms with van der Waals surface area (Å²) in [6.07, 6.45) is -14.4. The number of carbonyl (C=O) groups is 1. The molecule has 11 heteroatoms. The topological polar surface area (TPSA) is 197 Å². The molecule has 1 aliphatic heterocycles. The van der Waals surface area contributed by atoms with Crippen LogP contribution in [0.15, 0.2) is 0 Å². The highest BCUT2D eigenvalue weighted by Crippen LogP contribution is 2.24. The molecular weight excluding hydrogens is 344 g/mol. The Bertz CT molecular complexity index is 393. The van der Waals surface area contributed by atoms with Gasteiger partial charge < -0.3 is 50.3 Å². The summed E-state index contributed by atoms with van der Waals surface area (Å²) in [5.74, 6) is -0.801. The lowest BCUT2D eigenvalue weighted by atomic mass is 9.98. The number of Topliss-reactive ketones (excluding diaryl/α,β-unsaturated/α-hetero) is 1. The predicted octanol–water partition coefficient (Wildman–Crippen LogP) is -4.53. The highest BCUT2D eigenvalue weighted by molar-refractivity contribution is 5.80. The Morgan fingerprint density at radius 3 is 2.04 bits per heavy atom. The minimum atomic E-state index is -1.91. The Kier molecular flexibility index (Phi) is 10.8. The summed E-state index contributed by atoms with van der Waals surface area (Å²) < 4.78 is 10.3. The third-order valence-electron chi connectivity index (χ3n) is 3.74. The van der Waals surface area contributed by atoms with Gasteiger partial charge in [0.2, 0.25) is 0 Å². The monoisotopic (exact) mass is 372 g/mol. The zero-order valence-corrected chi connectivity index (χ0v) is 14.2. The van der Waals surface area contributed by atoms with Crippen molar-refractivity contribution in [3.8, 4) is 0 Å². The van der Waals surface area contributed by atoms with E-state index in [4.69, 9.17) is 19.7 Å². The van der Waals surface area contributed by atoms with Gasteiger partial charge in [0.05, 0.1) is 12.7 Å². The van der Waals surface area contributed by atoms with E-state index in [-0.39, 0.29) is 0 Å². The molecule has 0 bridgehead atoms. The van der Waals surface area contributed by atoms with Crippen LogP contribution in [-0.4, -0.2) is 115 Å². The Hall–Kier alpha value is -0.730. The van der Waals surface area contributed by atoms with Crippen molar-refractivity contribution in [2.75, 3.05) is 13.7 Å². The second kappa shape index (κ2) is 11.1. The number of ketones is 1. The molecule has 150 valence electrons. The molecule has 8 N–H and O–H groups in total. The highest BCUT2D eigenvalue weighted by atomic mass is 16.7. The number of ether oxygens (including phenoxy) is 2. The fraction of sp³-hybridized carbons (Fsp3) is 0.929. The molecule has 1 heterocycles. The van der Waals surface area contributed by atoms with E-state index in [1.807, 2.05) is 0 Å². The number of aliphatic hydroxyl groups excluding tert-OH is 8. The standard InChI is InChI=1S/C13H24O10.CH4O/c1-4(15)7(17)10(20)12(6(16)3-14)23-13-11(21)9(19)8(18)5(2)22-13;1-2/h5-14,16-21H,3H2,1-2H3;2H,1H3/t5-,6-,7+,8+,9+,10-,11-,12-,13?;/m1./s1. The molecule has 1 rings (SSSR count). The van der Waals surface area contributed by atoms with Crippen LogP contribution in [0.1, 0.15) is 13.8 Å². The van der Waals surface area contributed by atoms with Crippen LogP contribution in [0.4, 0.5) is 0 Å². The number of aliphatic hydroxyl groups is 8. The number of rotatable bonds is 7. The summed E-state index contributed by atoms with van der Waals surface area (Å²) in [6.45, 7) is 1.54. The molecule has 0 aromatic rings. The summed E-state index contributed by atoms with van der Waals surface area (Å²) in [4.78, 5) is 11.1. The first-order valence-corrected chi connectivity index (χ1v) is 7.57. The van der Waals surface area contributed by atoms with Crippen LogP contribution in [0, 0.1) is 0 Å². The first-order valence-electron chi connectivity index (χ1n) is 7.57. The molecule has 1 saturated heterocycles. The van der Waals surface area contributed by atoms with Crippen LogP contribution in [0.3, 0.4) is 0 Å². The number of carbonyl (C=O) groups excluding carboxylic acids is 1. The first-order chi connectivity index (χ1) is 11.6. The maximum absolute atomic E-state index is 11.1. The molecule has 0 radical (unpaired) electrons. The zero-order chi connectivity index (χ0) is 19.9. The van der Waals surface area contributed by atoms with Crippen LogP contribution in [0.2, 0.25) is 0 Å². The molecule has 1 unspecified atom stereocenters. The van der Waals surface area contributed by atoms with E-state index >= 15 is 0 Å². The molecule has 9 atom stereocenters. The van der Waals surface area contributed by atoms with Gasteiger partial charge in [-0.1, -0.05) is 0 Å². The molecule has 1 fully saturated rings. The average Bonchev–Trinajstić information content (AvgIpc) is 2.61. The molecule has 25 heavy (non-hydrogen) atoms. The Labute approximate surface area is 144 Å². The van der Waals surface area contributed by atoms with Gasteiger partial charge in [-0.05, 0) is 13.8 Å². The molecule has 1 aliphatic rings. The third-order valence-corrected chi connectivity index (χ3v) is 3.74. The highest BCUT2D eigenvalue weighted by Gasteiger charge is 2.45.